The molecule has 0 atom stereocenters. The summed E-state index contributed by atoms with van der Waals surface area (Å²) in [5.74, 6) is -0.805. The molecule has 0 unspecified atom stereocenters. The van der Waals surface area contributed by atoms with Crippen LogP contribution in [0, 0.1) is 0 Å². The zero-order chi connectivity index (χ0) is 16.8. The highest BCUT2D eigenvalue weighted by Gasteiger charge is 2.19. The number of ether oxygens (including phenoxy) is 3. The van der Waals surface area contributed by atoms with Gasteiger partial charge >= 0.3 is 11.9 Å². The van der Waals surface area contributed by atoms with Gasteiger partial charge in [0, 0.05) is 5.02 Å². The summed E-state index contributed by atoms with van der Waals surface area (Å²) in [6, 6.07) is 11.0. The molecule has 0 fully saturated rings. The van der Waals surface area contributed by atoms with E-state index in [9.17, 15) is 9.59 Å². The largest absolute Gasteiger partial charge is 0.493 e. The van der Waals surface area contributed by atoms with Gasteiger partial charge < -0.3 is 14.2 Å². The van der Waals surface area contributed by atoms with Gasteiger partial charge in [-0.3, -0.25) is 0 Å². The molecule has 2 aromatic carbocycles. The lowest BCUT2D eigenvalue weighted by Gasteiger charge is -2.11. The molecule has 0 aliphatic heterocycles. The van der Waals surface area contributed by atoms with Crippen molar-refractivity contribution in [3.05, 3.63) is 58.6 Å². The third-order valence-corrected chi connectivity index (χ3v) is 3.19. The van der Waals surface area contributed by atoms with Crippen LogP contribution in [0.2, 0.25) is 5.02 Å². The monoisotopic (exact) mass is 334 g/mol. The van der Waals surface area contributed by atoms with Crippen LogP contribution in [-0.4, -0.2) is 25.7 Å². The minimum atomic E-state index is -0.645. The van der Waals surface area contributed by atoms with E-state index in [1.807, 2.05) is 6.92 Å². The average molecular weight is 335 g/mol. The van der Waals surface area contributed by atoms with Crippen LogP contribution in [0.1, 0.15) is 27.6 Å². The summed E-state index contributed by atoms with van der Waals surface area (Å²) < 4.78 is 15.4. The first-order valence-corrected chi connectivity index (χ1v) is 7.26. The van der Waals surface area contributed by atoms with Gasteiger partial charge in [0.2, 0.25) is 0 Å². The summed E-state index contributed by atoms with van der Waals surface area (Å²) in [7, 11) is 1.24. The number of hydrogen-bond donors (Lipinski definition) is 0. The van der Waals surface area contributed by atoms with E-state index >= 15 is 0 Å². The van der Waals surface area contributed by atoms with Crippen molar-refractivity contribution >= 4 is 23.5 Å². The smallest absolute Gasteiger partial charge is 0.347 e. The fraction of sp³-hybridized carbons (Fsp3) is 0.176. The summed E-state index contributed by atoms with van der Waals surface area (Å²) in [5, 5.41) is 0.333. The predicted octanol–water partition coefficient (Wildman–Crippen LogP) is 3.74. The van der Waals surface area contributed by atoms with Crippen molar-refractivity contribution < 1.29 is 23.8 Å². The average Bonchev–Trinajstić information content (AvgIpc) is 2.56. The Kier molecular flexibility index (Phi) is 5.60. The molecule has 2 rings (SSSR count). The van der Waals surface area contributed by atoms with Gasteiger partial charge in [-0.05, 0) is 37.3 Å². The maximum atomic E-state index is 12.4. The molecular formula is C17H15ClO5. The number of methoxy groups -OCH3 is 1. The van der Waals surface area contributed by atoms with E-state index in [-0.39, 0.29) is 16.9 Å². The van der Waals surface area contributed by atoms with E-state index in [4.69, 9.17) is 21.1 Å². The molecule has 0 amide bonds. The Bertz CT molecular complexity index is 727. The molecule has 0 spiro atoms. The maximum Gasteiger partial charge on any atom is 0.347 e. The number of carbonyl (C=O) groups excluding carboxylic acids is 2. The Hall–Kier alpha value is -2.53. The Balaban J connectivity index is 2.33. The van der Waals surface area contributed by atoms with Crippen molar-refractivity contribution in [2.75, 3.05) is 13.7 Å². The standard InChI is InChI=1S/C17H15ClO5/c1-3-22-14-7-5-4-6-12(14)17(20)23-15-9-8-11(18)10-13(15)16(19)21-2/h4-10H,3H2,1-2H3. The minimum absolute atomic E-state index is 0.0672. The number of carbonyl (C=O) groups is 2. The zero-order valence-corrected chi connectivity index (χ0v) is 13.4. The molecule has 120 valence electrons. The summed E-state index contributed by atoms with van der Waals surface area (Å²) in [6.45, 7) is 2.23. The highest BCUT2D eigenvalue weighted by atomic mass is 35.5. The van der Waals surface area contributed by atoms with E-state index in [0.717, 1.165) is 0 Å². The van der Waals surface area contributed by atoms with Gasteiger partial charge in [0.25, 0.3) is 0 Å². The molecule has 0 aromatic heterocycles. The summed E-state index contributed by atoms with van der Waals surface area (Å²) in [4.78, 5) is 24.1. The van der Waals surface area contributed by atoms with E-state index in [2.05, 4.69) is 4.74 Å². The molecule has 0 radical (unpaired) electrons. The van der Waals surface area contributed by atoms with Crippen molar-refractivity contribution in [3.63, 3.8) is 0 Å². The van der Waals surface area contributed by atoms with Crippen molar-refractivity contribution in [2.24, 2.45) is 0 Å². The molecule has 0 aliphatic rings. The molecular weight excluding hydrogens is 320 g/mol. The van der Waals surface area contributed by atoms with Crippen molar-refractivity contribution in [3.8, 4) is 11.5 Å². The first kappa shape index (κ1) is 16.8. The van der Waals surface area contributed by atoms with Crippen molar-refractivity contribution in [1.82, 2.24) is 0 Å². The highest BCUT2D eigenvalue weighted by Crippen LogP contribution is 2.26. The van der Waals surface area contributed by atoms with Gasteiger partial charge in [-0.25, -0.2) is 9.59 Å². The van der Waals surface area contributed by atoms with E-state index in [1.54, 1.807) is 24.3 Å². The topological polar surface area (TPSA) is 61.8 Å². The number of rotatable bonds is 5. The van der Waals surface area contributed by atoms with Gasteiger partial charge in [-0.15, -0.1) is 0 Å². The Labute approximate surface area is 138 Å². The van der Waals surface area contributed by atoms with Crippen LogP contribution >= 0.6 is 11.6 Å². The first-order valence-electron chi connectivity index (χ1n) is 6.88. The van der Waals surface area contributed by atoms with Crippen molar-refractivity contribution in [2.45, 2.75) is 6.92 Å². The lowest BCUT2D eigenvalue weighted by Crippen LogP contribution is -2.13. The van der Waals surface area contributed by atoms with E-state index < -0.39 is 11.9 Å². The van der Waals surface area contributed by atoms with Crippen LogP contribution in [0.25, 0.3) is 0 Å². The molecule has 0 heterocycles. The van der Waals surface area contributed by atoms with Crippen molar-refractivity contribution in [1.29, 1.82) is 0 Å². The predicted molar refractivity (Wildman–Crippen MR) is 85.4 cm³/mol. The van der Waals surface area contributed by atoms with Crippen LogP contribution < -0.4 is 9.47 Å². The molecule has 5 nitrogen and oxygen atoms in total. The second-order valence-electron chi connectivity index (χ2n) is 4.45. The molecule has 0 saturated heterocycles. The number of benzene rings is 2. The first-order chi connectivity index (χ1) is 11.1. The normalized spacial score (nSPS) is 10.0. The van der Waals surface area contributed by atoms with E-state index in [1.165, 1.54) is 25.3 Å². The third kappa shape index (κ3) is 4.02. The van der Waals surface area contributed by atoms with Crippen LogP contribution in [0.15, 0.2) is 42.5 Å². The molecule has 2 aromatic rings. The second-order valence-corrected chi connectivity index (χ2v) is 4.89. The van der Waals surface area contributed by atoms with E-state index in [0.29, 0.717) is 17.4 Å². The summed E-state index contributed by atoms with van der Waals surface area (Å²) in [6.07, 6.45) is 0. The molecule has 23 heavy (non-hydrogen) atoms. The molecule has 0 N–H and O–H groups in total. The lowest BCUT2D eigenvalue weighted by atomic mass is 10.2. The molecule has 0 saturated carbocycles. The number of para-hydroxylation sites is 1. The molecule has 0 aliphatic carbocycles. The third-order valence-electron chi connectivity index (χ3n) is 2.96. The highest BCUT2D eigenvalue weighted by molar-refractivity contribution is 6.31. The van der Waals surface area contributed by atoms with Crippen LogP contribution in [0.3, 0.4) is 0 Å². The van der Waals surface area contributed by atoms with Crippen LogP contribution in [0.4, 0.5) is 0 Å². The summed E-state index contributed by atoms with van der Waals surface area (Å²) in [5.41, 5.74) is 0.336. The quantitative estimate of drug-likeness (QED) is 0.615. The fourth-order valence-corrected chi connectivity index (χ4v) is 2.10. The van der Waals surface area contributed by atoms with Gasteiger partial charge in [0.05, 0.1) is 13.7 Å². The van der Waals surface area contributed by atoms with Gasteiger partial charge in [0.1, 0.15) is 22.6 Å². The Morgan fingerprint density at radius 3 is 2.43 bits per heavy atom. The number of hydrogen-bond acceptors (Lipinski definition) is 5. The van der Waals surface area contributed by atoms with Gasteiger partial charge in [0.15, 0.2) is 0 Å². The maximum absolute atomic E-state index is 12.4. The minimum Gasteiger partial charge on any atom is -0.493 e. The van der Waals surface area contributed by atoms with Crippen LogP contribution in [0.5, 0.6) is 11.5 Å². The Morgan fingerprint density at radius 2 is 1.74 bits per heavy atom. The molecule has 6 heteroatoms. The fourth-order valence-electron chi connectivity index (χ4n) is 1.93. The number of halogens is 1. The Morgan fingerprint density at radius 1 is 1.00 bits per heavy atom. The zero-order valence-electron chi connectivity index (χ0n) is 12.7. The van der Waals surface area contributed by atoms with Gasteiger partial charge in [-0.1, -0.05) is 23.7 Å². The van der Waals surface area contributed by atoms with Crippen LogP contribution in [-0.2, 0) is 4.74 Å². The second kappa shape index (κ2) is 7.65. The molecule has 0 bridgehead atoms. The lowest BCUT2D eigenvalue weighted by molar-refractivity contribution is 0.0593. The number of esters is 2. The summed E-state index contributed by atoms with van der Waals surface area (Å²) >= 11 is 5.87. The SMILES string of the molecule is CCOc1ccccc1C(=O)Oc1ccc(Cl)cc1C(=O)OC. The van der Waals surface area contributed by atoms with Gasteiger partial charge in [-0.2, -0.15) is 0 Å².